The first-order chi connectivity index (χ1) is 23.2. The molecule has 8 nitrogen and oxygen atoms in total. The van der Waals surface area contributed by atoms with Crippen molar-refractivity contribution in [3.63, 3.8) is 0 Å². The summed E-state index contributed by atoms with van der Waals surface area (Å²) in [7, 11) is 0. The van der Waals surface area contributed by atoms with Gasteiger partial charge in [0.2, 0.25) is 17.7 Å². The van der Waals surface area contributed by atoms with E-state index in [9.17, 15) is 9.90 Å². The van der Waals surface area contributed by atoms with E-state index in [0.717, 1.165) is 23.4 Å². The number of hydrogen-bond acceptors (Lipinski definition) is 6. The summed E-state index contributed by atoms with van der Waals surface area (Å²) in [5.41, 5.74) is 1.14. The zero-order valence-electron chi connectivity index (χ0n) is 29.9. The molecule has 0 aromatic heterocycles. The number of hydrogen-bond donors (Lipinski definition) is 1. The zero-order chi connectivity index (χ0) is 35.4. The number of thioether (sulfide) groups is 1. The van der Waals surface area contributed by atoms with E-state index in [1.807, 2.05) is 85.5 Å². The average Bonchev–Trinajstić information content (AvgIpc) is 3.30. The highest BCUT2D eigenvalue weighted by atomic mass is 32.2. The molecule has 3 amide bonds. The van der Waals surface area contributed by atoms with Crippen molar-refractivity contribution in [3.8, 4) is 5.75 Å². The second-order valence-corrected chi connectivity index (χ2v) is 17.7. The average molecular weight is 686 g/mol. The van der Waals surface area contributed by atoms with E-state index < -0.39 is 39.0 Å². The molecule has 1 unspecified atom stereocenters. The van der Waals surface area contributed by atoms with Gasteiger partial charge < -0.3 is 24.5 Å². The second kappa shape index (κ2) is 13.0. The topological polar surface area (TPSA) is 90.4 Å². The first-order valence-corrected chi connectivity index (χ1v) is 18.4. The Kier molecular flexibility index (Phi) is 9.33. The molecule has 4 aliphatic heterocycles. The lowest BCUT2D eigenvalue weighted by Crippen LogP contribution is -2.61. The van der Waals surface area contributed by atoms with E-state index in [1.165, 1.54) is 0 Å². The normalized spacial score (nSPS) is 29.0. The van der Waals surface area contributed by atoms with Crippen molar-refractivity contribution in [3.05, 3.63) is 84.5 Å². The fraction of sp³-hybridized carbons (Fsp3) is 0.525. The molecule has 262 valence electrons. The van der Waals surface area contributed by atoms with Crippen LogP contribution in [0.5, 0.6) is 5.75 Å². The number of aliphatic hydroxyl groups excluding tert-OH is 1. The Morgan fingerprint density at radius 1 is 0.898 bits per heavy atom. The van der Waals surface area contributed by atoms with Gasteiger partial charge in [0.15, 0.2) is 0 Å². The Hall–Kier alpha value is -3.56. The molecule has 4 aliphatic rings. The molecule has 6 atom stereocenters. The summed E-state index contributed by atoms with van der Waals surface area (Å²) in [6, 6.07) is 15.7. The monoisotopic (exact) mass is 685 g/mol. The number of nitrogens with zero attached hydrogens (tertiary/aromatic N) is 3. The molecule has 9 heteroatoms. The quantitative estimate of drug-likeness (QED) is 0.331. The zero-order valence-corrected chi connectivity index (χ0v) is 30.7. The number of benzene rings is 2. The smallest absolute Gasteiger partial charge is 0.247 e. The first-order valence-electron chi connectivity index (χ1n) is 17.5. The van der Waals surface area contributed by atoms with Crippen LogP contribution < -0.4 is 9.64 Å². The second-order valence-electron chi connectivity index (χ2n) is 15.9. The molecule has 2 fully saturated rings. The minimum absolute atomic E-state index is 0.0452. The lowest BCUT2D eigenvalue weighted by Gasteiger charge is -2.45. The molecule has 6 rings (SSSR count). The maximum Gasteiger partial charge on any atom is 0.247 e. The van der Waals surface area contributed by atoms with Crippen LogP contribution in [-0.4, -0.2) is 86.0 Å². The molecule has 1 spiro atoms. The van der Waals surface area contributed by atoms with Gasteiger partial charge in [-0.3, -0.25) is 14.4 Å². The van der Waals surface area contributed by atoms with E-state index >= 15 is 9.59 Å². The molecule has 0 aliphatic carbocycles. The van der Waals surface area contributed by atoms with Crippen LogP contribution in [0.2, 0.25) is 0 Å². The molecule has 4 heterocycles. The van der Waals surface area contributed by atoms with Crippen molar-refractivity contribution >= 4 is 35.2 Å². The first kappa shape index (κ1) is 35.3. The maximum atomic E-state index is 15.2. The molecule has 0 saturated carbocycles. The van der Waals surface area contributed by atoms with Crippen molar-refractivity contribution in [2.75, 3.05) is 31.2 Å². The molecule has 0 bridgehead atoms. The molecule has 2 saturated heterocycles. The minimum atomic E-state index is -1.01. The Balaban J connectivity index is 1.47. The summed E-state index contributed by atoms with van der Waals surface area (Å²) in [5, 5.41) is 10.9. The van der Waals surface area contributed by atoms with Crippen LogP contribution >= 0.6 is 11.8 Å². The van der Waals surface area contributed by atoms with Gasteiger partial charge in [0.05, 0.1) is 35.8 Å². The number of anilines is 1. The number of carbonyl (C=O) groups excluding carboxylic acids is 3. The largest absolute Gasteiger partial charge is 0.494 e. The predicted molar refractivity (Wildman–Crippen MR) is 195 cm³/mol. The summed E-state index contributed by atoms with van der Waals surface area (Å²) in [5.74, 6) is -1.32. The molecular weight excluding hydrogens is 635 g/mol. The highest BCUT2D eigenvalue weighted by Gasteiger charge is 2.74. The maximum absolute atomic E-state index is 15.2. The third kappa shape index (κ3) is 6.22. The predicted octanol–water partition coefficient (Wildman–Crippen LogP) is 5.89. The van der Waals surface area contributed by atoms with Gasteiger partial charge in [0.25, 0.3) is 0 Å². The molecular formula is C40H51N3O5S. The summed E-state index contributed by atoms with van der Waals surface area (Å²) in [4.78, 5) is 50.6. The van der Waals surface area contributed by atoms with Gasteiger partial charge in [-0.25, -0.2) is 0 Å². The van der Waals surface area contributed by atoms with Crippen LogP contribution in [-0.2, 0) is 20.8 Å². The molecule has 2 aromatic carbocycles. The summed E-state index contributed by atoms with van der Waals surface area (Å²) in [6.07, 6.45) is 9.35. The number of aliphatic hydroxyl groups is 1. The highest BCUT2D eigenvalue weighted by molar-refractivity contribution is 8.02. The number of amides is 3. The molecule has 0 radical (unpaired) electrons. The lowest BCUT2D eigenvalue weighted by atomic mass is 9.74. The number of fused-ring (bicyclic) bond motifs is 2. The Morgan fingerprint density at radius 2 is 1.57 bits per heavy atom. The number of carbonyl (C=O) groups is 3. The summed E-state index contributed by atoms with van der Waals surface area (Å²) >= 11 is 1.57. The van der Waals surface area contributed by atoms with Crippen molar-refractivity contribution in [2.24, 2.45) is 17.3 Å². The van der Waals surface area contributed by atoms with Crippen LogP contribution in [0.4, 0.5) is 5.69 Å². The van der Waals surface area contributed by atoms with E-state index in [0.29, 0.717) is 26.1 Å². The molecule has 2 aromatic rings. The third-order valence-electron chi connectivity index (χ3n) is 10.6. The highest BCUT2D eigenvalue weighted by Crippen LogP contribution is 2.66. The van der Waals surface area contributed by atoms with Crippen molar-refractivity contribution < 1.29 is 24.2 Å². The van der Waals surface area contributed by atoms with E-state index in [4.69, 9.17) is 4.74 Å². The summed E-state index contributed by atoms with van der Waals surface area (Å²) < 4.78 is 3.90. The van der Waals surface area contributed by atoms with Crippen molar-refractivity contribution in [1.82, 2.24) is 9.80 Å². The fourth-order valence-corrected chi connectivity index (χ4v) is 11.2. The minimum Gasteiger partial charge on any atom is -0.494 e. The van der Waals surface area contributed by atoms with Crippen LogP contribution in [0.3, 0.4) is 0 Å². The van der Waals surface area contributed by atoms with Crippen molar-refractivity contribution in [1.29, 1.82) is 0 Å². The standard InChI is InChI=1S/C40H51N3O5S/c1-8-48-30-18-16-28(17-19-30)41-22-12-20-39(7)31(34(41)45)32-35(46)43(29(25-44)24-27-14-10-9-11-15-27)33-36(47)42(23-13-21-40(32,33)49-39)38(5,6)26-37(2,3)4/h9-21,29,31-33,44H,8,22-26H2,1-7H3/t29-,31-,32+,33?,39+,40+/m1/s1. The fourth-order valence-electron chi connectivity index (χ4n) is 9.05. The Morgan fingerprint density at radius 3 is 2.20 bits per heavy atom. The van der Waals surface area contributed by atoms with Gasteiger partial charge in [-0.1, -0.05) is 75.4 Å². The van der Waals surface area contributed by atoms with Gasteiger partial charge in [-0.2, -0.15) is 0 Å². The Bertz CT molecular complexity index is 1630. The molecule has 1 N–H and O–H groups in total. The van der Waals surface area contributed by atoms with E-state index in [1.54, 1.807) is 21.6 Å². The lowest BCUT2D eigenvalue weighted by molar-refractivity contribution is -0.149. The number of likely N-dealkylation sites (tertiary alicyclic amines) is 1. The van der Waals surface area contributed by atoms with E-state index in [-0.39, 0.29) is 29.7 Å². The van der Waals surface area contributed by atoms with Gasteiger partial charge in [-0.05, 0) is 75.8 Å². The van der Waals surface area contributed by atoms with Crippen molar-refractivity contribution in [2.45, 2.75) is 88.4 Å². The van der Waals surface area contributed by atoms with Gasteiger partial charge in [0.1, 0.15) is 11.8 Å². The van der Waals surface area contributed by atoms with Gasteiger partial charge in [-0.15, -0.1) is 11.8 Å². The summed E-state index contributed by atoms with van der Waals surface area (Å²) in [6.45, 7) is 15.7. The van der Waals surface area contributed by atoms with Crippen LogP contribution in [0.15, 0.2) is 78.9 Å². The number of rotatable bonds is 9. The Labute approximate surface area is 295 Å². The number of ether oxygens (including phenoxy) is 1. The van der Waals surface area contributed by atoms with Gasteiger partial charge in [0, 0.05) is 29.1 Å². The van der Waals surface area contributed by atoms with Gasteiger partial charge >= 0.3 is 0 Å². The molecule has 49 heavy (non-hydrogen) atoms. The van der Waals surface area contributed by atoms with E-state index in [2.05, 4.69) is 46.8 Å². The third-order valence-corrected chi connectivity index (χ3v) is 12.4. The van der Waals surface area contributed by atoms with Crippen LogP contribution in [0, 0.1) is 17.3 Å². The van der Waals surface area contributed by atoms with Crippen LogP contribution in [0.25, 0.3) is 0 Å². The van der Waals surface area contributed by atoms with Crippen LogP contribution in [0.1, 0.15) is 60.5 Å². The SMILES string of the molecule is CCOc1ccc(N2CC=C[C@]3(C)S[C@]45C=CCN(C(C)(C)CC(C)(C)C)C(=O)C4N([C@@H](CO)Cc4ccccc4)C(=O)[C@@H]5[C@@H]3C2=O)cc1.